The van der Waals surface area contributed by atoms with Crippen molar-refractivity contribution in [1.29, 1.82) is 0 Å². The van der Waals surface area contributed by atoms with Crippen LogP contribution in [0.2, 0.25) is 0 Å². The Bertz CT molecular complexity index is 552. The van der Waals surface area contributed by atoms with Crippen LogP contribution < -0.4 is 16.4 Å². The molecule has 0 bridgehead atoms. The van der Waals surface area contributed by atoms with E-state index < -0.39 is 0 Å². The Kier molecular flexibility index (Phi) is 4.42. The molecule has 1 aromatic heterocycles. The lowest BCUT2D eigenvalue weighted by Gasteiger charge is -2.14. The fourth-order valence-electron chi connectivity index (χ4n) is 2.93. The van der Waals surface area contributed by atoms with Gasteiger partial charge in [-0.25, -0.2) is 0 Å². The number of hydrogen-bond acceptors (Lipinski definition) is 4. The highest BCUT2D eigenvalue weighted by atomic mass is 16.2. The number of nitrogens with zero attached hydrogens (tertiary/aromatic N) is 2. The van der Waals surface area contributed by atoms with Gasteiger partial charge in [-0.2, -0.15) is 5.10 Å². The predicted molar refractivity (Wildman–Crippen MR) is 82.0 cm³/mol. The molecular weight excluding hydrogens is 282 g/mol. The number of carbonyl (C=O) groups is 2. The smallest absolute Gasteiger partial charge is 0.241 e. The third-order valence-corrected chi connectivity index (χ3v) is 4.33. The van der Waals surface area contributed by atoms with E-state index >= 15 is 0 Å². The first-order valence-electron chi connectivity index (χ1n) is 7.97. The summed E-state index contributed by atoms with van der Waals surface area (Å²) in [5.41, 5.74) is 6.60. The van der Waals surface area contributed by atoms with E-state index in [-0.39, 0.29) is 30.3 Å². The zero-order valence-corrected chi connectivity index (χ0v) is 12.6. The molecule has 2 amide bonds. The maximum atomic E-state index is 12.0. The molecule has 2 saturated carbocycles. The highest BCUT2D eigenvalue weighted by molar-refractivity contribution is 5.90. The molecule has 0 spiro atoms. The largest absolute Gasteiger partial charge is 0.352 e. The SMILES string of the molecule is N[C@@H]1CCC[C@H]1CC(=O)Nc1cnn(CC(=O)NC2CC2)c1. The summed E-state index contributed by atoms with van der Waals surface area (Å²) in [7, 11) is 0. The summed E-state index contributed by atoms with van der Waals surface area (Å²) in [6, 6.07) is 0.484. The lowest BCUT2D eigenvalue weighted by atomic mass is 10.00. The molecule has 0 saturated heterocycles. The van der Waals surface area contributed by atoms with Gasteiger partial charge in [0.2, 0.25) is 11.8 Å². The van der Waals surface area contributed by atoms with Crippen molar-refractivity contribution in [3.8, 4) is 0 Å². The van der Waals surface area contributed by atoms with E-state index in [1.165, 1.54) is 4.68 Å². The maximum absolute atomic E-state index is 12.0. The summed E-state index contributed by atoms with van der Waals surface area (Å²) in [5, 5.41) is 9.83. The quantitative estimate of drug-likeness (QED) is 0.717. The monoisotopic (exact) mass is 305 g/mol. The van der Waals surface area contributed by atoms with Crippen molar-refractivity contribution in [3.63, 3.8) is 0 Å². The molecule has 4 N–H and O–H groups in total. The molecule has 7 heteroatoms. The second-order valence-electron chi connectivity index (χ2n) is 6.38. The molecule has 2 fully saturated rings. The Morgan fingerprint density at radius 3 is 2.77 bits per heavy atom. The molecule has 22 heavy (non-hydrogen) atoms. The summed E-state index contributed by atoms with van der Waals surface area (Å²) in [4.78, 5) is 23.7. The van der Waals surface area contributed by atoms with Gasteiger partial charge in [0.15, 0.2) is 0 Å². The van der Waals surface area contributed by atoms with Gasteiger partial charge in [0.25, 0.3) is 0 Å². The van der Waals surface area contributed by atoms with E-state index in [2.05, 4.69) is 15.7 Å². The van der Waals surface area contributed by atoms with E-state index in [1.807, 2.05) is 0 Å². The second-order valence-corrected chi connectivity index (χ2v) is 6.38. The second kappa shape index (κ2) is 6.48. The van der Waals surface area contributed by atoms with Crippen molar-refractivity contribution in [2.45, 2.75) is 57.2 Å². The number of anilines is 1. The third kappa shape index (κ3) is 4.07. The van der Waals surface area contributed by atoms with Crippen LogP contribution in [-0.2, 0) is 16.1 Å². The van der Waals surface area contributed by atoms with Gasteiger partial charge in [0.05, 0.1) is 11.9 Å². The van der Waals surface area contributed by atoms with Gasteiger partial charge in [0, 0.05) is 24.7 Å². The van der Waals surface area contributed by atoms with E-state index in [9.17, 15) is 9.59 Å². The molecule has 0 aromatic carbocycles. The first-order chi connectivity index (χ1) is 10.6. The van der Waals surface area contributed by atoms with Crippen molar-refractivity contribution in [1.82, 2.24) is 15.1 Å². The number of hydrogen-bond donors (Lipinski definition) is 3. The molecule has 0 aliphatic heterocycles. The van der Waals surface area contributed by atoms with E-state index in [0.29, 0.717) is 18.2 Å². The number of carbonyl (C=O) groups excluding carboxylic acids is 2. The van der Waals surface area contributed by atoms with Crippen LogP contribution in [0.15, 0.2) is 12.4 Å². The van der Waals surface area contributed by atoms with Crippen LogP contribution in [0, 0.1) is 5.92 Å². The Hall–Kier alpha value is -1.89. The van der Waals surface area contributed by atoms with Gasteiger partial charge in [-0.05, 0) is 31.6 Å². The van der Waals surface area contributed by atoms with Crippen molar-refractivity contribution in [2.75, 3.05) is 5.32 Å². The fraction of sp³-hybridized carbons (Fsp3) is 0.667. The number of amides is 2. The van der Waals surface area contributed by atoms with Crippen LogP contribution in [0.3, 0.4) is 0 Å². The van der Waals surface area contributed by atoms with Gasteiger partial charge < -0.3 is 16.4 Å². The minimum atomic E-state index is -0.0413. The molecule has 0 radical (unpaired) electrons. The zero-order valence-electron chi connectivity index (χ0n) is 12.6. The van der Waals surface area contributed by atoms with Crippen LogP contribution in [0.25, 0.3) is 0 Å². The molecular formula is C15H23N5O2. The number of nitrogens with one attached hydrogen (secondary N) is 2. The van der Waals surface area contributed by atoms with Gasteiger partial charge >= 0.3 is 0 Å². The summed E-state index contributed by atoms with van der Waals surface area (Å²) in [5.74, 6) is 0.198. The molecule has 2 aliphatic carbocycles. The fourth-order valence-corrected chi connectivity index (χ4v) is 2.93. The normalized spacial score (nSPS) is 24.2. The predicted octanol–water partition coefficient (Wildman–Crippen LogP) is 0.618. The minimum Gasteiger partial charge on any atom is -0.352 e. The Balaban J connectivity index is 1.46. The Morgan fingerprint density at radius 2 is 2.09 bits per heavy atom. The van der Waals surface area contributed by atoms with Crippen LogP contribution in [-0.4, -0.2) is 33.7 Å². The summed E-state index contributed by atoms with van der Waals surface area (Å²) in [6.45, 7) is 0.180. The van der Waals surface area contributed by atoms with E-state index in [0.717, 1.165) is 32.1 Å². The van der Waals surface area contributed by atoms with Crippen molar-refractivity contribution < 1.29 is 9.59 Å². The number of nitrogens with two attached hydrogens (primary N) is 1. The summed E-state index contributed by atoms with van der Waals surface area (Å²) < 4.78 is 1.54. The van der Waals surface area contributed by atoms with Crippen LogP contribution in [0.4, 0.5) is 5.69 Å². The third-order valence-electron chi connectivity index (χ3n) is 4.33. The minimum absolute atomic E-state index is 0.0377. The van der Waals surface area contributed by atoms with E-state index in [4.69, 9.17) is 5.73 Å². The lowest BCUT2D eigenvalue weighted by molar-refractivity contribution is -0.122. The molecule has 3 rings (SSSR count). The van der Waals surface area contributed by atoms with Gasteiger partial charge in [0.1, 0.15) is 6.54 Å². The summed E-state index contributed by atoms with van der Waals surface area (Å²) >= 11 is 0. The summed E-state index contributed by atoms with van der Waals surface area (Å²) in [6.07, 6.45) is 8.96. The first kappa shape index (κ1) is 15.0. The Labute approximate surface area is 129 Å². The highest BCUT2D eigenvalue weighted by Crippen LogP contribution is 2.27. The lowest BCUT2D eigenvalue weighted by Crippen LogP contribution is -2.29. The van der Waals surface area contributed by atoms with Crippen molar-refractivity contribution in [2.24, 2.45) is 11.7 Å². The van der Waals surface area contributed by atoms with E-state index in [1.54, 1.807) is 12.4 Å². The standard InChI is InChI=1S/C15H23N5O2/c16-13-3-1-2-10(13)6-14(21)19-12-7-17-20(8-12)9-15(22)18-11-4-5-11/h7-8,10-11,13H,1-6,9,16H2,(H,18,22)(H,19,21)/t10-,13+/m0/s1. The molecule has 1 heterocycles. The molecule has 0 unspecified atom stereocenters. The molecule has 120 valence electrons. The zero-order chi connectivity index (χ0) is 15.5. The van der Waals surface area contributed by atoms with Gasteiger partial charge in [-0.1, -0.05) is 6.42 Å². The van der Waals surface area contributed by atoms with Crippen molar-refractivity contribution >= 4 is 17.5 Å². The van der Waals surface area contributed by atoms with Crippen LogP contribution in [0.5, 0.6) is 0 Å². The molecule has 2 aliphatic rings. The van der Waals surface area contributed by atoms with Crippen LogP contribution >= 0.6 is 0 Å². The highest BCUT2D eigenvalue weighted by Gasteiger charge is 2.26. The average Bonchev–Trinajstić information content (AvgIpc) is 3.02. The van der Waals surface area contributed by atoms with Crippen molar-refractivity contribution in [3.05, 3.63) is 12.4 Å². The topological polar surface area (TPSA) is 102 Å². The van der Waals surface area contributed by atoms with Gasteiger partial charge in [-0.3, -0.25) is 14.3 Å². The first-order valence-corrected chi connectivity index (χ1v) is 7.97. The average molecular weight is 305 g/mol. The van der Waals surface area contributed by atoms with Gasteiger partial charge in [-0.15, -0.1) is 0 Å². The molecule has 2 atom stereocenters. The molecule has 7 nitrogen and oxygen atoms in total. The number of rotatable bonds is 6. The van der Waals surface area contributed by atoms with Crippen LogP contribution in [0.1, 0.15) is 38.5 Å². The maximum Gasteiger partial charge on any atom is 0.241 e. The number of aromatic nitrogens is 2. The molecule has 1 aromatic rings. The Morgan fingerprint density at radius 1 is 1.27 bits per heavy atom.